The van der Waals surface area contributed by atoms with Gasteiger partial charge < -0.3 is 10.0 Å². The number of carboxylic acids is 1. The molecule has 8 heteroatoms. The molecule has 1 aromatic carbocycles. The predicted molar refractivity (Wildman–Crippen MR) is 100 cm³/mol. The van der Waals surface area contributed by atoms with Crippen LogP contribution in [-0.2, 0) is 4.79 Å². The maximum Gasteiger partial charge on any atom is 0.323 e. The van der Waals surface area contributed by atoms with Gasteiger partial charge in [0.15, 0.2) is 0 Å². The molecule has 2 aromatic heterocycles. The molecular weight excluding hydrogens is 374 g/mol. The van der Waals surface area contributed by atoms with E-state index in [-0.39, 0.29) is 18.5 Å². The van der Waals surface area contributed by atoms with Gasteiger partial charge in [-0.2, -0.15) is 5.10 Å². The largest absolute Gasteiger partial charge is 0.480 e. The molecule has 1 amide bonds. The van der Waals surface area contributed by atoms with E-state index in [1.807, 2.05) is 25.1 Å². The average molecular weight is 390 g/mol. The highest BCUT2D eigenvalue weighted by molar-refractivity contribution is 7.20. The van der Waals surface area contributed by atoms with E-state index in [0.717, 1.165) is 34.4 Å². The Hall–Kier alpha value is -2.38. The minimum Gasteiger partial charge on any atom is -0.480 e. The van der Waals surface area contributed by atoms with Gasteiger partial charge in [0, 0.05) is 11.4 Å². The Bertz CT molecular complexity index is 1020. The highest BCUT2D eigenvalue weighted by Gasteiger charge is 2.35. The molecule has 1 fully saturated rings. The molecule has 6 nitrogen and oxygen atoms in total. The fraction of sp³-hybridized carbons (Fsp3) is 0.278. The molecule has 1 aliphatic carbocycles. The summed E-state index contributed by atoms with van der Waals surface area (Å²) < 4.78 is 1.74. The van der Waals surface area contributed by atoms with Crippen LogP contribution < -0.4 is 0 Å². The van der Waals surface area contributed by atoms with E-state index in [1.54, 1.807) is 16.8 Å². The summed E-state index contributed by atoms with van der Waals surface area (Å²) in [5.41, 5.74) is 1.55. The van der Waals surface area contributed by atoms with Crippen molar-refractivity contribution in [2.24, 2.45) is 0 Å². The van der Waals surface area contributed by atoms with Crippen molar-refractivity contribution in [2.75, 3.05) is 6.54 Å². The number of fused-ring (bicyclic) bond motifs is 1. The molecule has 0 atom stereocenters. The summed E-state index contributed by atoms with van der Waals surface area (Å²) in [5, 5.41) is 15.1. The van der Waals surface area contributed by atoms with Crippen LogP contribution in [0.1, 0.15) is 28.2 Å². The van der Waals surface area contributed by atoms with Gasteiger partial charge in [0.1, 0.15) is 11.4 Å². The van der Waals surface area contributed by atoms with E-state index in [0.29, 0.717) is 9.90 Å². The topological polar surface area (TPSA) is 75.4 Å². The number of para-hydroxylation sites is 1. The zero-order valence-electron chi connectivity index (χ0n) is 14.0. The van der Waals surface area contributed by atoms with Crippen molar-refractivity contribution in [3.8, 4) is 5.69 Å². The minimum atomic E-state index is -0.996. The molecule has 0 spiro atoms. The summed E-state index contributed by atoms with van der Waals surface area (Å²) in [4.78, 5) is 26.8. The molecular formula is C18H16ClN3O3S. The van der Waals surface area contributed by atoms with E-state index in [2.05, 4.69) is 5.10 Å². The van der Waals surface area contributed by atoms with Crippen LogP contribution in [0, 0.1) is 6.92 Å². The average Bonchev–Trinajstić information content (AvgIpc) is 3.27. The third-order valence-electron chi connectivity index (χ3n) is 4.39. The summed E-state index contributed by atoms with van der Waals surface area (Å²) in [6.07, 6.45) is 1.71. The van der Waals surface area contributed by atoms with Crippen LogP contribution in [0.4, 0.5) is 0 Å². The zero-order valence-corrected chi connectivity index (χ0v) is 15.5. The first-order valence-corrected chi connectivity index (χ1v) is 9.42. The van der Waals surface area contributed by atoms with Crippen LogP contribution in [0.15, 0.2) is 30.3 Å². The third-order valence-corrected chi connectivity index (χ3v) is 5.81. The van der Waals surface area contributed by atoms with Gasteiger partial charge in [0.25, 0.3) is 5.91 Å². The number of aliphatic carboxylic acids is 1. The number of hydrogen-bond acceptors (Lipinski definition) is 4. The molecule has 0 aliphatic heterocycles. The van der Waals surface area contributed by atoms with Gasteiger partial charge in [0.05, 0.1) is 21.3 Å². The van der Waals surface area contributed by atoms with E-state index >= 15 is 0 Å². The van der Waals surface area contributed by atoms with Crippen LogP contribution >= 0.6 is 22.9 Å². The summed E-state index contributed by atoms with van der Waals surface area (Å²) in [7, 11) is 0. The number of aromatic nitrogens is 2. The first-order valence-electron chi connectivity index (χ1n) is 8.22. The first kappa shape index (κ1) is 17.1. The third kappa shape index (κ3) is 2.97. The Morgan fingerprint density at radius 3 is 2.77 bits per heavy atom. The molecule has 26 heavy (non-hydrogen) atoms. The molecule has 0 bridgehead atoms. The maximum atomic E-state index is 12.9. The second-order valence-electron chi connectivity index (χ2n) is 6.34. The standard InChI is InChI=1S/C18H16ClN3O3S/c1-10-12-8-15(17(25)21(9-16(23)24)11-6-7-11)26-18(12)22(20-10)14-5-3-2-4-13(14)19/h2-5,8,11H,6-7,9H2,1H3,(H,23,24). The Morgan fingerprint density at radius 2 is 2.12 bits per heavy atom. The van der Waals surface area contributed by atoms with Crippen LogP contribution in [-0.4, -0.2) is 44.3 Å². The van der Waals surface area contributed by atoms with Crippen LogP contribution in [0.3, 0.4) is 0 Å². The minimum absolute atomic E-state index is 0.0324. The molecule has 0 saturated heterocycles. The predicted octanol–water partition coefficient (Wildman–Crippen LogP) is 3.74. The number of nitrogens with zero attached hydrogens (tertiary/aromatic N) is 3. The number of rotatable bonds is 5. The number of carbonyl (C=O) groups is 2. The van der Waals surface area contributed by atoms with Crippen molar-refractivity contribution in [1.82, 2.24) is 14.7 Å². The van der Waals surface area contributed by atoms with E-state index in [9.17, 15) is 9.59 Å². The maximum absolute atomic E-state index is 12.9. The Balaban J connectivity index is 1.76. The number of benzene rings is 1. The van der Waals surface area contributed by atoms with Gasteiger partial charge in [0.2, 0.25) is 0 Å². The Labute approximate surface area is 158 Å². The fourth-order valence-corrected chi connectivity index (χ4v) is 4.33. The lowest BCUT2D eigenvalue weighted by atomic mass is 10.3. The molecule has 2 heterocycles. The molecule has 134 valence electrons. The lowest BCUT2D eigenvalue weighted by molar-refractivity contribution is -0.137. The lowest BCUT2D eigenvalue weighted by Gasteiger charge is -2.19. The van der Waals surface area contributed by atoms with Crippen molar-refractivity contribution < 1.29 is 14.7 Å². The van der Waals surface area contributed by atoms with Crippen molar-refractivity contribution in [3.63, 3.8) is 0 Å². The summed E-state index contributed by atoms with van der Waals surface area (Å²) in [5.74, 6) is -1.23. The lowest BCUT2D eigenvalue weighted by Crippen LogP contribution is -2.37. The fourth-order valence-electron chi connectivity index (χ4n) is 2.98. The number of thiophene rings is 1. The second kappa shape index (κ2) is 6.41. The van der Waals surface area contributed by atoms with Crippen LogP contribution in [0.2, 0.25) is 5.02 Å². The number of halogens is 1. The van der Waals surface area contributed by atoms with Gasteiger partial charge in [-0.1, -0.05) is 23.7 Å². The zero-order chi connectivity index (χ0) is 18.4. The number of amides is 1. The summed E-state index contributed by atoms with van der Waals surface area (Å²) in [6, 6.07) is 9.23. The van der Waals surface area contributed by atoms with Crippen molar-refractivity contribution in [1.29, 1.82) is 0 Å². The van der Waals surface area contributed by atoms with Crippen molar-refractivity contribution in [2.45, 2.75) is 25.8 Å². The molecule has 0 radical (unpaired) electrons. The van der Waals surface area contributed by atoms with Gasteiger partial charge in [-0.25, -0.2) is 4.68 Å². The van der Waals surface area contributed by atoms with E-state index in [1.165, 1.54) is 16.2 Å². The number of aryl methyl sites for hydroxylation is 1. The summed E-state index contributed by atoms with van der Waals surface area (Å²) in [6.45, 7) is 1.61. The highest BCUT2D eigenvalue weighted by atomic mass is 35.5. The van der Waals surface area contributed by atoms with Gasteiger partial charge >= 0.3 is 5.97 Å². The second-order valence-corrected chi connectivity index (χ2v) is 7.77. The molecule has 1 aliphatic rings. The molecule has 1 saturated carbocycles. The molecule has 0 unspecified atom stereocenters. The SMILES string of the molecule is Cc1nn(-c2ccccc2Cl)c2sc(C(=O)N(CC(=O)O)C3CC3)cc12. The highest BCUT2D eigenvalue weighted by Crippen LogP contribution is 2.35. The van der Waals surface area contributed by atoms with Crippen molar-refractivity contribution >= 4 is 45.0 Å². The van der Waals surface area contributed by atoms with Gasteiger partial charge in [-0.15, -0.1) is 11.3 Å². The van der Waals surface area contributed by atoms with Crippen LogP contribution in [0.5, 0.6) is 0 Å². The quantitative estimate of drug-likeness (QED) is 0.721. The monoisotopic (exact) mass is 389 g/mol. The van der Waals surface area contributed by atoms with E-state index in [4.69, 9.17) is 16.7 Å². The van der Waals surface area contributed by atoms with Gasteiger partial charge in [-0.3, -0.25) is 9.59 Å². The smallest absolute Gasteiger partial charge is 0.323 e. The number of carbonyl (C=O) groups excluding carboxylic acids is 1. The van der Waals surface area contributed by atoms with Crippen molar-refractivity contribution in [3.05, 3.63) is 45.9 Å². The Morgan fingerprint density at radius 1 is 1.38 bits per heavy atom. The van der Waals surface area contributed by atoms with Gasteiger partial charge in [-0.05, 0) is 38.0 Å². The van der Waals surface area contributed by atoms with Crippen LogP contribution in [0.25, 0.3) is 15.9 Å². The summed E-state index contributed by atoms with van der Waals surface area (Å²) >= 11 is 7.61. The number of hydrogen-bond donors (Lipinski definition) is 1. The molecule has 1 N–H and O–H groups in total. The Kier molecular flexibility index (Phi) is 4.20. The molecule has 4 rings (SSSR count). The number of carboxylic acid groups (broad SMARTS) is 1. The molecule has 3 aromatic rings. The first-order chi connectivity index (χ1) is 12.5. The normalized spacial score (nSPS) is 13.9. The van der Waals surface area contributed by atoms with E-state index < -0.39 is 5.97 Å².